The summed E-state index contributed by atoms with van der Waals surface area (Å²) in [5.74, 6) is -3.48. The van der Waals surface area contributed by atoms with Crippen LogP contribution in [-0.2, 0) is 30.4 Å². The van der Waals surface area contributed by atoms with Crippen molar-refractivity contribution in [3.8, 4) is 0 Å². The van der Waals surface area contributed by atoms with Gasteiger partial charge in [-0.3, -0.25) is 28.8 Å². The third kappa shape index (κ3) is 8.36. The van der Waals surface area contributed by atoms with Crippen LogP contribution in [-0.4, -0.2) is 77.1 Å². The highest BCUT2D eigenvalue weighted by molar-refractivity contribution is 6.38. The minimum atomic E-state index is -1.21. The van der Waals surface area contributed by atoms with Crippen molar-refractivity contribution in [2.24, 2.45) is 16.9 Å². The molecule has 0 aromatic heterocycles. The predicted octanol–water partition coefficient (Wildman–Crippen LogP) is 1.91. The van der Waals surface area contributed by atoms with Crippen molar-refractivity contribution in [1.82, 2.24) is 20.7 Å². The first-order valence-electron chi connectivity index (χ1n) is 16.0. The summed E-state index contributed by atoms with van der Waals surface area (Å²) in [5, 5.41) is 7.99. The molecular formula is C33H48N6O6. The molecule has 2 unspecified atom stereocenters. The van der Waals surface area contributed by atoms with E-state index >= 15 is 0 Å². The molecule has 12 nitrogen and oxygen atoms in total. The van der Waals surface area contributed by atoms with E-state index in [1.807, 2.05) is 13.8 Å². The molecule has 0 aliphatic carbocycles. The molecule has 1 fully saturated rings. The summed E-state index contributed by atoms with van der Waals surface area (Å²) in [4.78, 5) is 79.1. The van der Waals surface area contributed by atoms with Gasteiger partial charge in [0.25, 0.3) is 17.7 Å². The Hall–Kier alpha value is -4.06. The summed E-state index contributed by atoms with van der Waals surface area (Å²) in [7, 11) is 0. The number of benzene rings is 1. The Bertz CT molecular complexity index is 1280. The molecule has 2 heterocycles. The molecule has 0 radical (unpaired) electrons. The van der Waals surface area contributed by atoms with Gasteiger partial charge in [-0.15, -0.1) is 0 Å². The van der Waals surface area contributed by atoms with Crippen molar-refractivity contribution < 1.29 is 28.8 Å². The Balaban J connectivity index is 1.75. The third-order valence-electron chi connectivity index (χ3n) is 8.55. The third-order valence-corrected chi connectivity index (χ3v) is 8.55. The molecule has 1 aromatic rings. The first-order valence-corrected chi connectivity index (χ1v) is 16.0. The summed E-state index contributed by atoms with van der Waals surface area (Å²) < 4.78 is 0. The molecule has 1 aromatic carbocycles. The molecule has 2 aliphatic rings. The molecule has 1 saturated heterocycles. The van der Waals surface area contributed by atoms with Crippen molar-refractivity contribution in [3.05, 3.63) is 47.0 Å². The van der Waals surface area contributed by atoms with Gasteiger partial charge in [0.1, 0.15) is 5.41 Å². The Kier molecular flexibility index (Phi) is 12.8. The number of hydrazine groups is 1. The second kappa shape index (κ2) is 16.3. The maximum absolute atomic E-state index is 14.0. The predicted molar refractivity (Wildman–Crippen MR) is 169 cm³/mol. The number of hydrogen-bond acceptors (Lipinski definition) is 7. The van der Waals surface area contributed by atoms with Gasteiger partial charge >= 0.3 is 0 Å². The number of Topliss-reactive ketones (excluding diaryl/α,β-unsaturated/α-hetero) is 1. The SMILES string of the molecule is CCCCC1(CCCC)C(=O)N2CC(C)=CC(C(=O)NC(CCCCN)C(=O)C(=O)NCCc3ccc(C(N)=O)cc3)N2C1=O. The summed E-state index contributed by atoms with van der Waals surface area (Å²) in [6, 6.07) is 4.35. The van der Waals surface area contributed by atoms with Gasteiger partial charge in [-0.25, -0.2) is 10.0 Å². The highest BCUT2D eigenvalue weighted by atomic mass is 16.2. The van der Waals surface area contributed by atoms with Gasteiger partial charge in [0.15, 0.2) is 6.04 Å². The number of nitrogens with two attached hydrogens (primary N) is 2. The molecule has 0 spiro atoms. The zero-order valence-corrected chi connectivity index (χ0v) is 26.7. The van der Waals surface area contributed by atoms with Crippen LogP contribution in [0.3, 0.4) is 0 Å². The largest absolute Gasteiger partial charge is 0.366 e. The van der Waals surface area contributed by atoms with E-state index in [0.717, 1.165) is 24.0 Å². The smallest absolute Gasteiger partial charge is 0.289 e. The second-order valence-electron chi connectivity index (χ2n) is 12.0. The zero-order valence-electron chi connectivity index (χ0n) is 26.7. The number of hydrogen-bond donors (Lipinski definition) is 4. The lowest BCUT2D eigenvalue weighted by molar-refractivity contribution is -0.155. The van der Waals surface area contributed by atoms with Gasteiger partial charge in [0.2, 0.25) is 17.6 Å². The molecule has 0 bridgehead atoms. The number of nitrogens with zero attached hydrogens (tertiary/aromatic N) is 2. The lowest BCUT2D eigenvalue weighted by Gasteiger charge is -2.37. The number of fused-ring (bicyclic) bond motifs is 1. The van der Waals surface area contributed by atoms with Gasteiger partial charge in [0.05, 0.1) is 12.6 Å². The van der Waals surface area contributed by atoms with Crippen LogP contribution in [0.2, 0.25) is 0 Å². The monoisotopic (exact) mass is 624 g/mol. The van der Waals surface area contributed by atoms with E-state index in [9.17, 15) is 28.8 Å². The second-order valence-corrected chi connectivity index (χ2v) is 12.0. The summed E-state index contributed by atoms with van der Waals surface area (Å²) in [6.07, 6.45) is 7.23. The lowest BCUT2D eigenvalue weighted by Crippen LogP contribution is -2.58. The minimum Gasteiger partial charge on any atom is -0.366 e. The molecular weight excluding hydrogens is 576 g/mol. The molecule has 45 heavy (non-hydrogen) atoms. The lowest BCUT2D eigenvalue weighted by atomic mass is 9.77. The van der Waals surface area contributed by atoms with Crippen molar-refractivity contribution in [1.29, 1.82) is 0 Å². The number of carbonyl (C=O) groups excluding carboxylic acids is 6. The van der Waals surface area contributed by atoms with Crippen LogP contribution in [0.4, 0.5) is 0 Å². The molecule has 246 valence electrons. The Labute approximate surface area is 265 Å². The first kappa shape index (κ1) is 35.4. The van der Waals surface area contributed by atoms with E-state index in [1.165, 1.54) is 10.0 Å². The number of ketones is 1. The molecule has 0 saturated carbocycles. The number of primary amides is 1. The first-order chi connectivity index (χ1) is 21.5. The van der Waals surface area contributed by atoms with Crippen LogP contribution in [0.15, 0.2) is 35.9 Å². The van der Waals surface area contributed by atoms with Crippen LogP contribution in [0.25, 0.3) is 0 Å². The molecule has 6 N–H and O–H groups in total. The highest BCUT2D eigenvalue weighted by Gasteiger charge is 2.60. The molecule has 2 atom stereocenters. The average molecular weight is 625 g/mol. The normalized spacial score (nSPS) is 17.9. The molecule has 3 rings (SSSR count). The molecule has 5 amide bonds. The number of carbonyl (C=O) groups is 6. The fraction of sp³-hybridized carbons (Fsp3) is 0.576. The number of unbranched alkanes of at least 4 members (excludes halogenated alkanes) is 3. The van der Waals surface area contributed by atoms with Crippen LogP contribution in [0, 0.1) is 5.41 Å². The van der Waals surface area contributed by atoms with E-state index in [2.05, 4.69) is 10.6 Å². The van der Waals surface area contributed by atoms with Gasteiger partial charge in [-0.05, 0) is 75.8 Å². The van der Waals surface area contributed by atoms with Gasteiger partial charge in [-0.1, -0.05) is 57.2 Å². The summed E-state index contributed by atoms with van der Waals surface area (Å²) >= 11 is 0. The maximum atomic E-state index is 14.0. The highest BCUT2D eigenvalue weighted by Crippen LogP contribution is 2.43. The summed E-state index contributed by atoms with van der Waals surface area (Å²) in [6.45, 7) is 6.57. The van der Waals surface area contributed by atoms with Crippen LogP contribution >= 0.6 is 0 Å². The van der Waals surface area contributed by atoms with E-state index in [0.29, 0.717) is 57.1 Å². The summed E-state index contributed by atoms with van der Waals surface area (Å²) in [5.41, 5.74) is 11.7. The van der Waals surface area contributed by atoms with Crippen molar-refractivity contribution in [2.45, 2.75) is 97.1 Å². The fourth-order valence-electron chi connectivity index (χ4n) is 5.94. The van der Waals surface area contributed by atoms with Gasteiger partial charge in [-0.2, -0.15) is 0 Å². The minimum absolute atomic E-state index is 0.158. The van der Waals surface area contributed by atoms with Gasteiger partial charge < -0.3 is 22.1 Å². The van der Waals surface area contributed by atoms with E-state index < -0.39 is 41.0 Å². The Morgan fingerprint density at radius 1 is 0.978 bits per heavy atom. The quantitative estimate of drug-likeness (QED) is 0.0832. The van der Waals surface area contributed by atoms with Crippen molar-refractivity contribution >= 4 is 35.3 Å². The molecule has 12 heteroatoms. The number of nitrogens with one attached hydrogen (secondary N) is 2. The standard InChI is InChI=1S/C33H48N6O6/c1-4-6-16-33(17-7-5-2)31(44)38-21-22(3)20-26(39(38)32(33)45)29(42)37-25(10-8-9-18-34)27(40)30(43)36-19-15-23-11-13-24(14-12-23)28(35)41/h11-14,20,25-26H,4-10,15-19,21,34H2,1-3H3,(H2,35,41)(H,36,43)(H,37,42). The van der Waals surface area contributed by atoms with E-state index in [-0.39, 0.29) is 31.3 Å². The van der Waals surface area contributed by atoms with Gasteiger partial charge in [0, 0.05) is 12.1 Å². The van der Waals surface area contributed by atoms with E-state index in [1.54, 1.807) is 37.3 Å². The fourth-order valence-corrected chi connectivity index (χ4v) is 5.94. The van der Waals surface area contributed by atoms with E-state index in [4.69, 9.17) is 11.5 Å². The van der Waals surface area contributed by atoms with Crippen molar-refractivity contribution in [3.63, 3.8) is 0 Å². The maximum Gasteiger partial charge on any atom is 0.289 e. The average Bonchev–Trinajstić information content (AvgIpc) is 3.23. The number of amides is 5. The molecule has 2 aliphatic heterocycles. The van der Waals surface area contributed by atoms with Crippen molar-refractivity contribution in [2.75, 3.05) is 19.6 Å². The van der Waals surface area contributed by atoms with Crippen LogP contribution in [0.1, 0.15) is 94.5 Å². The topological polar surface area (TPSA) is 185 Å². The van der Waals surface area contributed by atoms with Crippen LogP contribution < -0.4 is 22.1 Å². The Morgan fingerprint density at radius 2 is 1.62 bits per heavy atom. The zero-order chi connectivity index (χ0) is 33.1. The van der Waals surface area contributed by atoms with Crippen LogP contribution in [0.5, 0.6) is 0 Å². The number of rotatable bonds is 18. The Morgan fingerprint density at radius 3 is 2.20 bits per heavy atom.